The van der Waals surface area contributed by atoms with Gasteiger partial charge < -0.3 is 30.2 Å². The lowest BCUT2D eigenvalue weighted by Gasteiger charge is -2.34. The Morgan fingerprint density at radius 2 is 1.62 bits per heavy atom. The molecule has 3 N–H and O–H groups in total. The van der Waals surface area contributed by atoms with Gasteiger partial charge in [-0.3, -0.25) is 0 Å². The van der Waals surface area contributed by atoms with Crippen molar-refractivity contribution >= 4 is 29.1 Å². The number of hydrogen-bond acceptors (Lipinski definition) is 8. The van der Waals surface area contributed by atoms with Gasteiger partial charge in [0.15, 0.2) is 0 Å². The Hall–Kier alpha value is -4.62. The number of nitrogen functional groups attached to an aromatic ring is 1. The summed E-state index contributed by atoms with van der Waals surface area (Å²) in [6.45, 7) is 8.14. The Kier molecular flexibility index (Phi) is 10.2. The van der Waals surface area contributed by atoms with Crippen LogP contribution in [-0.4, -0.2) is 48.3 Å². The van der Waals surface area contributed by atoms with E-state index in [1.165, 1.54) is 18.1 Å². The molecule has 14 heteroatoms. The minimum Gasteiger partial charge on any atom is -0.481 e. The zero-order chi connectivity index (χ0) is 33.9. The first-order valence-corrected chi connectivity index (χ1v) is 13.6. The Morgan fingerprint density at radius 1 is 0.956 bits per heavy atom. The standard InChI is InChI=1S/C31H35F5N4O5/c1-29(2,3)45-28(42)40(16-30(4,5)26-22(37)9-11-25(39-26)43-6)15-17-12-18(32)8-10-23(17)38-24-14-20(31(34,35)36)21(33)13-19(24)27(41)44-7/h8-14,38H,15-16,37H2,1-7H3. The van der Waals surface area contributed by atoms with Crippen LogP contribution in [0.15, 0.2) is 42.5 Å². The second-order valence-electron chi connectivity index (χ2n) is 11.8. The molecule has 1 aromatic heterocycles. The van der Waals surface area contributed by atoms with Gasteiger partial charge in [-0.25, -0.2) is 23.4 Å². The van der Waals surface area contributed by atoms with Gasteiger partial charge in [-0.1, -0.05) is 13.8 Å². The minimum atomic E-state index is -5.09. The van der Waals surface area contributed by atoms with Gasteiger partial charge >= 0.3 is 18.2 Å². The van der Waals surface area contributed by atoms with Crippen molar-refractivity contribution in [2.24, 2.45) is 0 Å². The maximum atomic E-state index is 14.6. The SMILES string of the molecule is COC(=O)c1cc(F)c(C(F)(F)F)cc1Nc1ccc(F)cc1CN(CC(C)(C)c1nc(OC)ccc1N)C(=O)OC(C)(C)C. The van der Waals surface area contributed by atoms with Gasteiger partial charge in [0.1, 0.15) is 17.2 Å². The molecule has 0 saturated heterocycles. The van der Waals surface area contributed by atoms with E-state index in [1.807, 2.05) is 0 Å². The van der Waals surface area contributed by atoms with E-state index < -0.39 is 57.7 Å². The Morgan fingerprint density at radius 3 is 2.20 bits per heavy atom. The highest BCUT2D eigenvalue weighted by Gasteiger charge is 2.36. The molecule has 0 aliphatic rings. The first-order valence-electron chi connectivity index (χ1n) is 13.6. The van der Waals surface area contributed by atoms with Crippen molar-refractivity contribution in [1.82, 2.24) is 9.88 Å². The van der Waals surface area contributed by atoms with Crippen molar-refractivity contribution in [2.45, 2.75) is 58.4 Å². The highest BCUT2D eigenvalue weighted by molar-refractivity contribution is 5.97. The number of hydrogen-bond donors (Lipinski definition) is 2. The molecule has 244 valence electrons. The monoisotopic (exact) mass is 638 g/mol. The predicted octanol–water partition coefficient (Wildman–Crippen LogP) is 7.21. The molecular formula is C31H35F5N4O5. The molecular weight excluding hydrogens is 603 g/mol. The van der Waals surface area contributed by atoms with E-state index in [0.29, 0.717) is 23.5 Å². The fourth-order valence-corrected chi connectivity index (χ4v) is 4.51. The van der Waals surface area contributed by atoms with E-state index in [0.717, 1.165) is 19.2 Å². The third-order valence-corrected chi connectivity index (χ3v) is 6.50. The number of pyridine rings is 1. The second kappa shape index (κ2) is 13.2. The lowest BCUT2D eigenvalue weighted by atomic mass is 9.87. The minimum absolute atomic E-state index is 0.0201. The van der Waals surface area contributed by atoms with Crippen LogP contribution in [0.25, 0.3) is 0 Å². The topological polar surface area (TPSA) is 116 Å². The predicted molar refractivity (Wildman–Crippen MR) is 157 cm³/mol. The third-order valence-electron chi connectivity index (χ3n) is 6.50. The van der Waals surface area contributed by atoms with Gasteiger partial charge in [0, 0.05) is 23.7 Å². The summed E-state index contributed by atoms with van der Waals surface area (Å²) in [6.07, 6.45) is -5.88. The summed E-state index contributed by atoms with van der Waals surface area (Å²) in [5.41, 5.74) is 2.58. The number of aromatic nitrogens is 1. The highest BCUT2D eigenvalue weighted by Crippen LogP contribution is 2.37. The molecule has 9 nitrogen and oxygen atoms in total. The number of rotatable bonds is 9. The van der Waals surface area contributed by atoms with Crippen LogP contribution < -0.4 is 15.8 Å². The lowest BCUT2D eigenvalue weighted by molar-refractivity contribution is -0.139. The average molecular weight is 639 g/mol. The second-order valence-corrected chi connectivity index (χ2v) is 11.8. The Labute approximate surface area is 257 Å². The van der Waals surface area contributed by atoms with Crippen LogP contribution in [0.5, 0.6) is 5.88 Å². The molecule has 0 atom stereocenters. The van der Waals surface area contributed by atoms with E-state index in [4.69, 9.17) is 15.2 Å². The van der Waals surface area contributed by atoms with Gasteiger partial charge in [0.05, 0.1) is 49.0 Å². The maximum absolute atomic E-state index is 14.6. The zero-order valence-corrected chi connectivity index (χ0v) is 25.9. The summed E-state index contributed by atoms with van der Waals surface area (Å²) in [4.78, 5) is 31.6. The first-order chi connectivity index (χ1) is 20.8. The molecule has 0 fully saturated rings. The lowest BCUT2D eigenvalue weighted by Crippen LogP contribution is -2.43. The number of carbonyl (C=O) groups is 2. The number of methoxy groups -OCH3 is 2. The van der Waals surface area contributed by atoms with Crippen LogP contribution in [-0.2, 0) is 27.6 Å². The molecule has 0 spiro atoms. The summed E-state index contributed by atoms with van der Waals surface area (Å²) in [7, 11) is 2.42. The number of ether oxygens (including phenoxy) is 3. The van der Waals surface area contributed by atoms with Crippen LogP contribution in [0.4, 0.5) is 43.8 Å². The van der Waals surface area contributed by atoms with Crippen LogP contribution in [0, 0.1) is 11.6 Å². The summed E-state index contributed by atoms with van der Waals surface area (Å²) >= 11 is 0. The summed E-state index contributed by atoms with van der Waals surface area (Å²) in [5.74, 6) is -3.24. The number of nitrogens with two attached hydrogens (primary N) is 1. The van der Waals surface area contributed by atoms with Crippen LogP contribution >= 0.6 is 0 Å². The van der Waals surface area contributed by atoms with Crippen LogP contribution in [0.2, 0.25) is 0 Å². The summed E-state index contributed by atoms with van der Waals surface area (Å²) in [5, 5.41) is 2.67. The van der Waals surface area contributed by atoms with E-state index in [1.54, 1.807) is 46.8 Å². The molecule has 3 rings (SSSR count). The van der Waals surface area contributed by atoms with Gasteiger partial charge in [-0.05, 0) is 62.7 Å². The molecule has 0 radical (unpaired) electrons. The first kappa shape index (κ1) is 34.9. The molecule has 0 aliphatic carbocycles. The Balaban J connectivity index is 2.12. The number of halogens is 5. The number of anilines is 3. The van der Waals surface area contributed by atoms with E-state index in [-0.39, 0.29) is 30.2 Å². The normalized spacial score (nSPS) is 12.0. The zero-order valence-electron chi connectivity index (χ0n) is 25.9. The molecule has 3 aromatic rings. The van der Waals surface area contributed by atoms with E-state index in [9.17, 15) is 31.5 Å². The van der Waals surface area contributed by atoms with Crippen molar-refractivity contribution in [3.05, 3.63) is 76.5 Å². The molecule has 1 heterocycles. The number of esters is 1. The number of amides is 1. The number of nitrogens with zero attached hydrogens (tertiary/aromatic N) is 2. The highest BCUT2D eigenvalue weighted by atomic mass is 19.4. The molecule has 45 heavy (non-hydrogen) atoms. The quantitative estimate of drug-likeness (QED) is 0.187. The number of alkyl halides is 3. The molecule has 0 unspecified atom stereocenters. The smallest absolute Gasteiger partial charge is 0.419 e. The average Bonchev–Trinajstić information content (AvgIpc) is 2.92. The van der Waals surface area contributed by atoms with Crippen molar-refractivity contribution in [3.63, 3.8) is 0 Å². The Bertz CT molecular complexity index is 1570. The number of carbonyl (C=O) groups excluding carboxylic acids is 2. The van der Waals surface area contributed by atoms with Gasteiger partial charge in [0.2, 0.25) is 5.88 Å². The van der Waals surface area contributed by atoms with Gasteiger partial charge in [-0.15, -0.1) is 0 Å². The molecule has 0 aliphatic heterocycles. The molecule has 0 saturated carbocycles. The van der Waals surface area contributed by atoms with Gasteiger partial charge in [-0.2, -0.15) is 13.2 Å². The third kappa shape index (κ3) is 8.73. The molecule has 1 amide bonds. The number of nitrogens with one attached hydrogen (secondary N) is 1. The summed E-state index contributed by atoms with van der Waals surface area (Å²) < 4.78 is 85.2. The van der Waals surface area contributed by atoms with Crippen LogP contribution in [0.3, 0.4) is 0 Å². The van der Waals surface area contributed by atoms with Crippen LogP contribution in [0.1, 0.15) is 61.8 Å². The van der Waals surface area contributed by atoms with Crippen molar-refractivity contribution in [3.8, 4) is 5.88 Å². The molecule has 0 bridgehead atoms. The fourth-order valence-electron chi connectivity index (χ4n) is 4.51. The van der Waals surface area contributed by atoms with Crippen molar-refractivity contribution in [2.75, 3.05) is 31.8 Å². The van der Waals surface area contributed by atoms with Crippen molar-refractivity contribution in [1.29, 1.82) is 0 Å². The van der Waals surface area contributed by atoms with E-state index >= 15 is 0 Å². The summed E-state index contributed by atoms with van der Waals surface area (Å²) in [6, 6.07) is 7.31. The fraction of sp³-hybridized carbons (Fsp3) is 0.387. The maximum Gasteiger partial charge on any atom is 0.419 e. The van der Waals surface area contributed by atoms with Gasteiger partial charge in [0.25, 0.3) is 0 Å². The largest absolute Gasteiger partial charge is 0.481 e. The molecule has 2 aromatic carbocycles. The van der Waals surface area contributed by atoms with Crippen molar-refractivity contribution < 1.29 is 45.8 Å². The number of benzene rings is 2. The van der Waals surface area contributed by atoms with E-state index in [2.05, 4.69) is 15.0 Å².